The Kier molecular flexibility index (Phi) is 3.97. The Hall–Kier alpha value is -1.42. The maximum Gasteiger partial charge on any atom is 0.222 e. The molecule has 98 valence electrons. The van der Waals surface area contributed by atoms with Crippen LogP contribution in [0.5, 0.6) is 0 Å². The maximum absolute atomic E-state index is 11.5. The van der Waals surface area contributed by atoms with Crippen LogP contribution in [0, 0.1) is 5.92 Å². The molecule has 0 aromatic heterocycles. The average Bonchev–Trinajstić information content (AvgIpc) is 2.38. The molecular formula is C13H18ClN3O. The first kappa shape index (κ1) is 13.0. The molecule has 0 unspecified atom stereocenters. The molecule has 1 amide bonds. The summed E-state index contributed by atoms with van der Waals surface area (Å²) in [6.07, 6.45) is 1.73. The third-order valence-corrected chi connectivity index (χ3v) is 3.68. The summed E-state index contributed by atoms with van der Waals surface area (Å²) < 4.78 is 0. The summed E-state index contributed by atoms with van der Waals surface area (Å²) in [5.74, 6) is 0.263. The van der Waals surface area contributed by atoms with Gasteiger partial charge in [-0.2, -0.15) is 0 Å². The van der Waals surface area contributed by atoms with Crippen molar-refractivity contribution in [1.82, 2.24) is 5.32 Å². The minimum Gasteiger partial charge on any atom is -0.397 e. The quantitative estimate of drug-likeness (QED) is 0.805. The Balaban J connectivity index is 2.03. The third-order valence-electron chi connectivity index (χ3n) is 3.44. The van der Waals surface area contributed by atoms with Gasteiger partial charge in [0, 0.05) is 31.1 Å². The lowest BCUT2D eigenvalue weighted by Crippen LogP contribution is -2.39. The van der Waals surface area contributed by atoms with E-state index in [0.29, 0.717) is 10.7 Å². The third kappa shape index (κ3) is 2.70. The number of nitrogens with one attached hydrogen (secondary N) is 1. The highest BCUT2D eigenvalue weighted by atomic mass is 35.5. The Morgan fingerprint density at radius 1 is 1.44 bits per heavy atom. The maximum atomic E-state index is 11.5. The van der Waals surface area contributed by atoms with E-state index in [0.717, 1.165) is 31.6 Å². The topological polar surface area (TPSA) is 58.4 Å². The van der Waals surface area contributed by atoms with E-state index in [1.54, 1.807) is 13.1 Å². The van der Waals surface area contributed by atoms with Gasteiger partial charge in [0.25, 0.3) is 0 Å². The van der Waals surface area contributed by atoms with Crippen molar-refractivity contribution in [2.45, 2.75) is 12.8 Å². The number of nitrogen functional groups attached to an aromatic ring is 1. The molecule has 1 aliphatic rings. The molecule has 1 aromatic rings. The van der Waals surface area contributed by atoms with Gasteiger partial charge < -0.3 is 16.0 Å². The van der Waals surface area contributed by atoms with Crippen LogP contribution in [0.4, 0.5) is 11.4 Å². The van der Waals surface area contributed by atoms with E-state index in [1.807, 2.05) is 12.1 Å². The van der Waals surface area contributed by atoms with Gasteiger partial charge in [0.1, 0.15) is 0 Å². The largest absolute Gasteiger partial charge is 0.397 e. The first-order chi connectivity index (χ1) is 8.61. The van der Waals surface area contributed by atoms with Crippen molar-refractivity contribution in [2.75, 3.05) is 30.8 Å². The van der Waals surface area contributed by atoms with E-state index in [9.17, 15) is 4.79 Å². The second-order valence-corrected chi connectivity index (χ2v) is 5.02. The summed E-state index contributed by atoms with van der Waals surface area (Å²) in [5, 5.41) is 3.36. The Labute approximate surface area is 112 Å². The lowest BCUT2D eigenvalue weighted by atomic mass is 9.95. The molecule has 1 heterocycles. The molecule has 18 heavy (non-hydrogen) atoms. The molecule has 0 spiro atoms. The number of hydrogen-bond acceptors (Lipinski definition) is 3. The van der Waals surface area contributed by atoms with E-state index in [-0.39, 0.29) is 11.8 Å². The van der Waals surface area contributed by atoms with Crippen molar-refractivity contribution in [3.63, 3.8) is 0 Å². The number of rotatable bonds is 2. The molecule has 1 aromatic carbocycles. The Bertz CT molecular complexity index is 442. The van der Waals surface area contributed by atoms with Crippen LogP contribution in [-0.2, 0) is 4.79 Å². The summed E-state index contributed by atoms with van der Waals surface area (Å²) in [4.78, 5) is 13.8. The van der Waals surface area contributed by atoms with Crippen molar-refractivity contribution in [3.05, 3.63) is 23.2 Å². The number of halogens is 1. The van der Waals surface area contributed by atoms with Crippen LogP contribution < -0.4 is 16.0 Å². The van der Waals surface area contributed by atoms with Crippen molar-refractivity contribution in [3.8, 4) is 0 Å². The number of benzene rings is 1. The van der Waals surface area contributed by atoms with Gasteiger partial charge in [-0.25, -0.2) is 0 Å². The lowest BCUT2D eigenvalue weighted by Gasteiger charge is -2.33. The van der Waals surface area contributed by atoms with Gasteiger partial charge in [-0.05, 0) is 31.0 Å². The fourth-order valence-electron chi connectivity index (χ4n) is 2.40. The second kappa shape index (κ2) is 5.48. The van der Waals surface area contributed by atoms with Crippen molar-refractivity contribution in [2.24, 2.45) is 5.92 Å². The molecule has 4 nitrogen and oxygen atoms in total. The monoisotopic (exact) mass is 267 g/mol. The predicted molar refractivity (Wildman–Crippen MR) is 74.9 cm³/mol. The van der Waals surface area contributed by atoms with Gasteiger partial charge in [-0.3, -0.25) is 4.79 Å². The second-order valence-electron chi connectivity index (χ2n) is 4.58. The molecule has 1 aliphatic heterocycles. The molecule has 0 aliphatic carbocycles. The van der Waals surface area contributed by atoms with Crippen molar-refractivity contribution < 1.29 is 4.79 Å². The van der Waals surface area contributed by atoms with Crippen LogP contribution in [0.2, 0.25) is 5.02 Å². The first-order valence-electron chi connectivity index (χ1n) is 6.13. The highest BCUT2D eigenvalue weighted by Gasteiger charge is 2.24. The summed E-state index contributed by atoms with van der Waals surface area (Å²) in [6.45, 7) is 1.70. The molecule has 2 rings (SSSR count). The van der Waals surface area contributed by atoms with Crippen LogP contribution in [-0.4, -0.2) is 26.0 Å². The summed E-state index contributed by atoms with van der Waals surface area (Å²) >= 11 is 5.89. The molecule has 3 N–H and O–H groups in total. The van der Waals surface area contributed by atoms with Gasteiger partial charge in [-0.15, -0.1) is 0 Å². The molecule has 1 saturated heterocycles. The highest BCUT2D eigenvalue weighted by Crippen LogP contribution is 2.30. The van der Waals surface area contributed by atoms with Crippen LogP contribution in [0.25, 0.3) is 0 Å². The normalized spacial score (nSPS) is 16.7. The highest BCUT2D eigenvalue weighted by molar-refractivity contribution is 6.31. The van der Waals surface area contributed by atoms with Crippen LogP contribution in [0.1, 0.15) is 12.8 Å². The minimum atomic E-state index is 0.125. The summed E-state index contributed by atoms with van der Waals surface area (Å²) in [6, 6.07) is 5.55. The molecular weight excluding hydrogens is 250 g/mol. The van der Waals surface area contributed by atoms with Gasteiger partial charge >= 0.3 is 0 Å². The number of carbonyl (C=O) groups is 1. The fraction of sp³-hybridized carbons (Fsp3) is 0.462. The minimum absolute atomic E-state index is 0.125. The van der Waals surface area contributed by atoms with Gasteiger partial charge in [-0.1, -0.05) is 11.6 Å². The Morgan fingerprint density at radius 2 is 2.11 bits per heavy atom. The lowest BCUT2D eigenvalue weighted by molar-refractivity contribution is -0.125. The number of hydrogen-bond donors (Lipinski definition) is 2. The zero-order valence-corrected chi connectivity index (χ0v) is 11.2. The number of nitrogens with zero attached hydrogens (tertiary/aromatic N) is 1. The smallest absolute Gasteiger partial charge is 0.222 e. The molecule has 0 radical (unpaired) electrons. The predicted octanol–water partition coefficient (Wildman–Crippen LogP) is 1.88. The first-order valence-corrected chi connectivity index (χ1v) is 6.51. The Morgan fingerprint density at radius 3 is 2.67 bits per heavy atom. The number of anilines is 2. The van der Waals surface area contributed by atoms with E-state index in [2.05, 4.69) is 10.2 Å². The molecule has 0 bridgehead atoms. The average molecular weight is 268 g/mol. The molecule has 5 heteroatoms. The van der Waals surface area contributed by atoms with E-state index < -0.39 is 0 Å². The zero-order valence-electron chi connectivity index (χ0n) is 10.4. The molecule has 0 atom stereocenters. The number of amides is 1. The standard InChI is InChI=1S/C13H18ClN3O/c1-16-13(18)9-4-6-17(7-5-9)12-3-2-10(14)8-11(12)15/h2-3,8-9H,4-7,15H2,1H3,(H,16,18). The summed E-state index contributed by atoms with van der Waals surface area (Å²) in [7, 11) is 1.69. The van der Waals surface area contributed by atoms with E-state index >= 15 is 0 Å². The van der Waals surface area contributed by atoms with Crippen LogP contribution >= 0.6 is 11.6 Å². The van der Waals surface area contributed by atoms with Gasteiger partial charge in [0.05, 0.1) is 11.4 Å². The SMILES string of the molecule is CNC(=O)C1CCN(c2ccc(Cl)cc2N)CC1. The van der Waals surface area contributed by atoms with Crippen molar-refractivity contribution >= 4 is 28.9 Å². The fourth-order valence-corrected chi connectivity index (χ4v) is 2.58. The molecule has 0 saturated carbocycles. The van der Waals surface area contributed by atoms with Crippen LogP contribution in [0.15, 0.2) is 18.2 Å². The zero-order chi connectivity index (χ0) is 13.1. The van der Waals surface area contributed by atoms with E-state index in [4.69, 9.17) is 17.3 Å². The molecule has 1 fully saturated rings. The van der Waals surface area contributed by atoms with Gasteiger partial charge in [0.2, 0.25) is 5.91 Å². The number of nitrogens with two attached hydrogens (primary N) is 1. The van der Waals surface area contributed by atoms with Gasteiger partial charge in [0.15, 0.2) is 0 Å². The van der Waals surface area contributed by atoms with E-state index in [1.165, 1.54) is 0 Å². The number of piperidine rings is 1. The summed E-state index contributed by atoms with van der Waals surface area (Å²) in [5.41, 5.74) is 7.67. The van der Waals surface area contributed by atoms with Crippen molar-refractivity contribution in [1.29, 1.82) is 0 Å². The number of carbonyl (C=O) groups excluding carboxylic acids is 1. The van der Waals surface area contributed by atoms with Crippen LogP contribution in [0.3, 0.4) is 0 Å².